The Balaban J connectivity index is 2.22. The van der Waals surface area contributed by atoms with E-state index < -0.39 is 0 Å². The Bertz CT molecular complexity index is 589. The van der Waals surface area contributed by atoms with Crippen LogP contribution in [0.15, 0.2) is 30.6 Å². The maximum absolute atomic E-state index is 12.2. The summed E-state index contributed by atoms with van der Waals surface area (Å²) in [5.74, 6) is -0.227. The SMILES string of the molecule is CC(C)n1cc(N)cc1C(=O)Nc1ccc(Cl)nc1. The molecule has 1 amide bonds. The number of nitrogens with one attached hydrogen (secondary N) is 1. The Labute approximate surface area is 116 Å². The normalized spacial score (nSPS) is 10.7. The van der Waals surface area contributed by atoms with E-state index in [1.165, 1.54) is 6.20 Å². The van der Waals surface area contributed by atoms with Crippen molar-refractivity contribution in [1.82, 2.24) is 9.55 Å². The van der Waals surface area contributed by atoms with Crippen molar-refractivity contribution in [3.63, 3.8) is 0 Å². The molecule has 0 aliphatic rings. The zero-order chi connectivity index (χ0) is 14.0. The molecule has 0 aliphatic heterocycles. The minimum Gasteiger partial charge on any atom is -0.397 e. The van der Waals surface area contributed by atoms with Gasteiger partial charge in [0.2, 0.25) is 0 Å². The Morgan fingerprint density at radius 3 is 2.79 bits per heavy atom. The molecule has 0 radical (unpaired) electrons. The van der Waals surface area contributed by atoms with Crippen LogP contribution >= 0.6 is 11.6 Å². The van der Waals surface area contributed by atoms with Crippen molar-refractivity contribution in [2.45, 2.75) is 19.9 Å². The molecule has 19 heavy (non-hydrogen) atoms. The lowest BCUT2D eigenvalue weighted by molar-refractivity contribution is 0.101. The summed E-state index contributed by atoms with van der Waals surface area (Å²) in [4.78, 5) is 16.1. The number of nitrogens with two attached hydrogens (primary N) is 1. The average molecular weight is 279 g/mol. The molecule has 6 heteroatoms. The first kappa shape index (κ1) is 13.4. The Hall–Kier alpha value is -2.01. The van der Waals surface area contributed by atoms with Crippen molar-refractivity contribution in [2.75, 3.05) is 11.1 Å². The van der Waals surface area contributed by atoms with E-state index in [9.17, 15) is 4.79 Å². The van der Waals surface area contributed by atoms with E-state index >= 15 is 0 Å². The van der Waals surface area contributed by atoms with E-state index in [4.69, 9.17) is 17.3 Å². The molecule has 0 bridgehead atoms. The molecule has 2 rings (SSSR count). The molecule has 2 aromatic heterocycles. The van der Waals surface area contributed by atoms with Gasteiger partial charge in [0.05, 0.1) is 17.6 Å². The number of carbonyl (C=O) groups excluding carboxylic acids is 1. The van der Waals surface area contributed by atoms with E-state index in [1.807, 2.05) is 18.4 Å². The molecule has 0 aliphatic carbocycles. The number of anilines is 2. The molecular weight excluding hydrogens is 264 g/mol. The van der Waals surface area contributed by atoms with Gasteiger partial charge in [0, 0.05) is 12.2 Å². The third-order valence-corrected chi connectivity index (χ3v) is 2.87. The van der Waals surface area contributed by atoms with Gasteiger partial charge in [-0.05, 0) is 32.0 Å². The van der Waals surface area contributed by atoms with Gasteiger partial charge in [0.15, 0.2) is 0 Å². The van der Waals surface area contributed by atoms with Gasteiger partial charge in [-0.3, -0.25) is 4.79 Å². The third kappa shape index (κ3) is 3.06. The highest BCUT2D eigenvalue weighted by molar-refractivity contribution is 6.29. The molecule has 2 heterocycles. The zero-order valence-corrected chi connectivity index (χ0v) is 11.5. The number of rotatable bonds is 3. The summed E-state index contributed by atoms with van der Waals surface area (Å²) in [6, 6.07) is 5.12. The molecule has 100 valence electrons. The van der Waals surface area contributed by atoms with Crippen LogP contribution in [0.25, 0.3) is 0 Å². The lowest BCUT2D eigenvalue weighted by Crippen LogP contribution is -2.17. The highest BCUT2D eigenvalue weighted by atomic mass is 35.5. The standard InChI is InChI=1S/C13H15ClN4O/c1-8(2)18-7-9(15)5-11(18)13(19)17-10-3-4-12(14)16-6-10/h3-8H,15H2,1-2H3,(H,17,19). The number of halogens is 1. The molecule has 0 aromatic carbocycles. The molecule has 0 atom stereocenters. The van der Waals surface area contributed by atoms with Gasteiger partial charge >= 0.3 is 0 Å². The molecule has 0 unspecified atom stereocenters. The summed E-state index contributed by atoms with van der Waals surface area (Å²) < 4.78 is 1.83. The van der Waals surface area contributed by atoms with Gasteiger partial charge in [-0.2, -0.15) is 0 Å². The van der Waals surface area contributed by atoms with Crippen molar-refractivity contribution in [1.29, 1.82) is 0 Å². The molecule has 0 spiro atoms. The summed E-state index contributed by atoms with van der Waals surface area (Å²) in [6.07, 6.45) is 3.26. The first-order chi connectivity index (χ1) is 8.97. The number of pyridine rings is 1. The van der Waals surface area contributed by atoms with E-state index in [1.54, 1.807) is 24.4 Å². The second kappa shape index (κ2) is 5.32. The van der Waals surface area contributed by atoms with Crippen LogP contribution in [0.4, 0.5) is 11.4 Å². The minimum atomic E-state index is -0.227. The van der Waals surface area contributed by atoms with Crippen LogP contribution in [0.1, 0.15) is 30.4 Å². The van der Waals surface area contributed by atoms with Gasteiger partial charge in [0.25, 0.3) is 5.91 Å². The average Bonchev–Trinajstić information content (AvgIpc) is 2.74. The van der Waals surface area contributed by atoms with Crippen molar-refractivity contribution in [3.05, 3.63) is 41.4 Å². The van der Waals surface area contributed by atoms with Crippen molar-refractivity contribution < 1.29 is 4.79 Å². The molecule has 3 N–H and O–H groups in total. The van der Waals surface area contributed by atoms with Crippen LogP contribution in [0.3, 0.4) is 0 Å². The van der Waals surface area contributed by atoms with E-state index in [0.29, 0.717) is 22.2 Å². The Morgan fingerprint density at radius 1 is 1.47 bits per heavy atom. The van der Waals surface area contributed by atoms with E-state index in [-0.39, 0.29) is 11.9 Å². The maximum Gasteiger partial charge on any atom is 0.272 e. The topological polar surface area (TPSA) is 72.9 Å². The monoisotopic (exact) mass is 278 g/mol. The number of hydrogen-bond acceptors (Lipinski definition) is 3. The predicted molar refractivity (Wildman–Crippen MR) is 76.4 cm³/mol. The number of hydrogen-bond donors (Lipinski definition) is 2. The lowest BCUT2D eigenvalue weighted by Gasteiger charge is -2.12. The summed E-state index contributed by atoms with van der Waals surface area (Å²) in [7, 11) is 0. The summed E-state index contributed by atoms with van der Waals surface area (Å²) in [6.45, 7) is 3.97. The van der Waals surface area contributed by atoms with E-state index in [0.717, 1.165) is 0 Å². The number of carbonyl (C=O) groups is 1. The first-order valence-corrected chi connectivity index (χ1v) is 6.25. The Morgan fingerprint density at radius 2 is 2.21 bits per heavy atom. The van der Waals surface area contributed by atoms with Crippen LogP contribution in [0.2, 0.25) is 5.15 Å². The predicted octanol–water partition coefficient (Wildman–Crippen LogP) is 2.95. The van der Waals surface area contributed by atoms with Crippen molar-refractivity contribution in [2.24, 2.45) is 0 Å². The van der Waals surface area contributed by atoms with Crippen molar-refractivity contribution >= 4 is 28.9 Å². The van der Waals surface area contributed by atoms with Crippen molar-refractivity contribution in [3.8, 4) is 0 Å². The fraction of sp³-hybridized carbons (Fsp3) is 0.231. The van der Waals surface area contributed by atoms with Crippen LogP contribution < -0.4 is 11.1 Å². The fourth-order valence-electron chi connectivity index (χ4n) is 1.75. The molecule has 5 nitrogen and oxygen atoms in total. The summed E-state index contributed by atoms with van der Waals surface area (Å²) >= 11 is 5.69. The molecule has 0 saturated heterocycles. The lowest BCUT2D eigenvalue weighted by atomic mass is 10.3. The number of nitrogens with zero attached hydrogens (tertiary/aromatic N) is 2. The quantitative estimate of drug-likeness (QED) is 0.848. The minimum absolute atomic E-state index is 0.154. The second-order valence-electron chi connectivity index (χ2n) is 4.48. The number of amides is 1. The molecular formula is C13H15ClN4O. The second-order valence-corrected chi connectivity index (χ2v) is 4.87. The van der Waals surface area contributed by atoms with Gasteiger partial charge in [-0.25, -0.2) is 4.98 Å². The van der Waals surface area contributed by atoms with Crippen LogP contribution in [0, 0.1) is 0 Å². The highest BCUT2D eigenvalue weighted by Gasteiger charge is 2.15. The van der Waals surface area contributed by atoms with Gasteiger partial charge in [-0.1, -0.05) is 11.6 Å². The van der Waals surface area contributed by atoms with Gasteiger partial charge in [0.1, 0.15) is 10.8 Å². The number of nitrogen functional groups attached to an aromatic ring is 1. The van der Waals surface area contributed by atoms with Crippen LogP contribution in [-0.2, 0) is 0 Å². The fourth-order valence-corrected chi connectivity index (χ4v) is 1.87. The molecule has 0 saturated carbocycles. The van der Waals surface area contributed by atoms with Crippen LogP contribution in [0.5, 0.6) is 0 Å². The summed E-state index contributed by atoms with van der Waals surface area (Å²) in [5.41, 5.74) is 7.40. The smallest absolute Gasteiger partial charge is 0.272 e. The van der Waals surface area contributed by atoms with Crippen LogP contribution in [-0.4, -0.2) is 15.5 Å². The zero-order valence-electron chi connectivity index (χ0n) is 10.7. The highest BCUT2D eigenvalue weighted by Crippen LogP contribution is 2.18. The molecule has 0 fully saturated rings. The third-order valence-electron chi connectivity index (χ3n) is 2.64. The maximum atomic E-state index is 12.2. The molecule has 2 aromatic rings. The largest absolute Gasteiger partial charge is 0.397 e. The summed E-state index contributed by atoms with van der Waals surface area (Å²) in [5, 5.41) is 3.14. The van der Waals surface area contributed by atoms with E-state index in [2.05, 4.69) is 10.3 Å². The van der Waals surface area contributed by atoms with Gasteiger partial charge in [-0.15, -0.1) is 0 Å². The Kier molecular flexibility index (Phi) is 3.76. The van der Waals surface area contributed by atoms with Gasteiger partial charge < -0.3 is 15.6 Å². The first-order valence-electron chi connectivity index (χ1n) is 5.87. The number of aromatic nitrogens is 2.